The quantitative estimate of drug-likeness (QED) is 0.548. The highest BCUT2D eigenvalue weighted by molar-refractivity contribution is 8.03. The number of nitrogens with one attached hydrogen (secondary N) is 1. The van der Waals surface area contributed by atoms with Crippen molar-refractivity contribution in [1.82, 2.24) is 5.32 Å². The Labute approximate surface area is 59.2 Å². The predicted molar refractivity (Wildman–Crippen MR) is 40.9 cm³/mol. The van der Waals surface area contributed by atoms with Crippen LogP contribution in [-0.4, -0.2) is 5.37 Å². The molecular formula is C7H9NS. The summed E-state index contributed by atoms with van der Waals surface area (Å²) in [5.74, 6) is 0.662. The smallest absolute Gasteiger partial charge is 0.0858 e. The van der Waals surface area contributed by atoms with Gasteiger partial charge < -0.3 is 5.32 Å². The van der Waals surface area contributed by atoms with Crippen LogP contribution in [0.2, 0.25) is 0 Å². The van der Waals surface area contributed by atoms with Gasteiger partial charge in [0, 0.05) is 11.6 Å². The fraction of sp³-hybridized carbons (Fsp3) is 0.429. The van der Waals surface area contributed by atoms with E-state index in [0.717, 1.165) is 0 Å². The van der Waals surface area contributed by atoms with Crippen LogP contribution in [0, 0.1) is 5.92 Å². The Kier molecular flexibility index (Phi) is 1.09. The number of fused-ring (bicyclic) bond motifs is 1. The van der Waals surface area contributed by atoms with Crippen LogP contribution in [0.5, 0.6) is 0 Å². The van der Waals surface area contributed by atoms with Crippen LogP contribution in [-0.2, 0) is 0 Å². The van der Waals surface area contributed by atoms with Crippen LogP contribution in [0.4, 0.5) is 0 Å². The van der Waals surface area contributed by atoms with Crippen LogP contribution in [0.3, 0.4) is 0 Å². The summed E-state index contributed by atoms with van der Waals surface area (Å²) in [6, 6.07) is 0. The molecule has 2 aliphatic heterocycles. The lowest BCUT2D eigenvalue weighted by molar-refractivity contribution is 0.729. The van der Waals surface area contributed by atoms with E-state index in [0.29, 0.717) is 11.3 Å². The van der Waals surface area contributed by atoms with Gasteiger partial charge in [0.2, 0.25) is 0 Å². The first-order chi connectivity index (χ1) is 4.36. The standard InChI is InChI=1S/C7H9NS/c1-5-4-6-2-3-9-7(6)8-5/h2-4,6-8H,1H3. The summed E-state index contributed by atoms with van der Waals surface area (Å²) in [4.78, 5) is 0. The minimum atomic E-state index is 0.616. The molecule has 0 aromatic rings. The molecule has 0 aromatic heterocycles. The molecule has 9 heavy (non-hydrogen) atoms. The maximum Gasteiger partial charge on any atom is 0.0858 e. The number of allylic oxidation sites excluding steroid dienone is 1. The van der Waals surface area contributed by atoms with E-state index in [1.807, 2.05) is 11.8 Å². The molecule has 2 rings (SSSR count). The molecule has 48 valence electrons. The zero-order valence-electron chi connectivity index (χ0n) is 5.29. The Morgan fingerprint density at radius 2 is 2.56 bits per heavy atom. The average molecular weight is 139 g/mol. The van der Waals surface area contributed by atoms with E-state index in [4.69, 9.17) is 0 Å². The van der Waals surface area contributed by atoms with Crippen LogP contribution in [0.25, 0.3) is 0 Å². The highest BCUT2D eigenvalue weighted by atomic mass is 32.2. The van der Waals surface area contributed by atoms with Crippen molar-refractivity contribution in [3.63, 3.8) is 0 Å². The van der Waals surface area contributed by atoms with Gasteiger partial charge in [-0.2, -0.15) is 0 Å². The average Bonchev–Trinajstić information content (AvgIpc) is 2.22. The molecule has 0 radical (unpaired) electrons. The molecule has 2 unspecified atom stereocenters. The fourth-order valence-electron chi connectivity index (χ4n) is 1.25. The van der Waals surface area contributed by atoms with Crippen LogP contribution in [0.1, 0.15) is 6.92 Å². The van der Waals surface area contributed by atoms with Crippen molar-refractivity contribution in [2.45, 2.75) is 12.3 Å². The van der Waals surface area contributed by atoms with Gasteiger partial charge in [-0.1, -0.05) is 12.2 Å². The summed E-state index contributed by atoms with van der Waals surface area (Å²) < 4.78 is 0. The maximum atomic E-state index is 3.38. The van der Waals surface area contributed by atoms with Crippen molar-refractivity contribution in [1.29, 1.82) is 0 Å². The zero-order chi connectivity index (χ0) is 6.27. The summed E-state index contributed by atoms with van der Waals surface area (Å²) in [5.41, 5.74) is 1.32. The van der Waals surface area contributed by atoms with Gasteiger partial charge in [-0.3, -0.25) is 0 Å². The summed E-state index contributed by atoms with van der Waals surface area (Å²) in [5, 5.41) is 6.16. The molecule has 0 fully saturated rings. The lowest BCUT2D eigenvalue weighted by Crippen LogP contribution is -2.19. The summed E-state index contributed by atoms with van der Waals surface area (Å²) in [6.45, 7) is 2.12. The predicted octanol–water partition coefficient (Wildman–Crippen LogP) is 1.70. The van der Waals surface area contributed by atoms with Crippen LogP contribution < -0.4 is 5.32 Å². The Hall–Kier alpha value is -0.370. The Bertz CT molecular complexity index is 183. The molecule has 0 spiro atoms. The molecule has 1 N–H and O–H groups in total. The van der Waals surface area contributed by atoms with Gasteiger partial charge in [-0.25, -0.2) is 0 Å². The van der Waals surface area contributed by atoms with Gasteiger partial charge in [0.25, 0.3) is 0 Å². The minimum Gasteiger partial charge on any atom is -0.376 e. The molecule has 0 aromatic carbocycles. The van der Waals surface area contributed by atoms with Gasteiger partial charge in [0.05, 0.1) is 5.37 Å². The third-order valence-corrected chi connectivity index (χ3v) is 2.73. The largest absolute Gasteiger partial charge is 0.376 e. The molecular weight excluding hydrogens is 130 g/mol. The normalized spacial score (nSPS) is 38.1. The minimum absolute atomic E-state index is 0.616. The van der Waals surface area contributed by atoms with E-state index < -0.39 is 0 Å². The fourth-order valence-corrected chi connectivity index (χ4v) is 2.29. The molecule has 2 heterocycles. The van der Waals surface area contributed by atoms with Crippen molar-refractivity contribution in [3.8, 4) is 0 Å². The topological polar surface area (TPSA) is 12.0 Å². The maximum absolute atomic E-state index is 3.38. The van der Waals surface area contributed by atoms with Crippen molar-refractivity contribution in [3.05, 3.63) is 23.3 Å². The van der Waals surface area contributed by atoms with Gasteiger partial charge >= 0.3 is 0 Å². The Balaban J connectivity index is 2.21. The second-order valence-corrected chi connectivity index (χ2v) is 3.51. The van der Waals surface area contributed by atoms with E-state index in [2.05, 4.69) is 29.8 Å². The van der Waals surface area contributed by atoms with E-state index >= 15 is 0 Å². The van der Waals surface area contributed by atoms with Gasteiger partial charge in [0.1, 0.15) is 0 Å². The number of thioether (sulfide) groups is 1. The van der Waals surface area contributed by atoms with Crippen molar-refractivity contribution >= 4 is 11.8 Å². The molecule has 2 heteroatoms. The lowest BCUT2D eigenvalue weighted by Gasteiger charge is -2.07. The molecule has 0 aliphatic carbocycles. The molecule has 0 saturated carbocycles. The first-order valence-electron chi connectivity index (χ1n) is 3.13. The number of rotatable bonds is 0. The van der Waals surface area contributed by atoms with Gasteiger partial charge in [0.15, 0.2) is 0 Å². The van der Waals surface area contributed by atoms with Crippen molar-refractivity contribution in [2.24, 2.45) is 5.92 Å². The van der Waals surface area contributed by atoms with Crippen molar-refractivity contribution in [2.75, 3.05) is 0 Å². The van der Waals surface area contributed by atoms with E-state index in [9.17, 15) is 0 Å². The molecule has 1 nitrogen and oxygen atoms in total. The zero-order valence-corrected chi connectivity index (χ0v) is 6.11. The third kappa shape index (κ3) is 0.778. The molecule has 0 saturated heterocycles. The number of hydrogen-bond acceptors (Lipinski definition) is 2. The highest BCUT2D eigenvalue weighted by Gasteiger charge is 2.25. The summed E-state index contributed by atoms with van der Waals surface area (Å²) in [7, 11) is 0. The van der Waals surface area contributed by atoms with E-state index in [1.54, 1.807) is 0 Å². The SMILES string of the molecule is CC1=CC2C=CSC2N1. The van der Waals surface area contributed by atoms with Gasteiger partial charge in [-0.15, -0.1) is 11.8 Å². The van der Waals surface area contributed by atoms with Crippen LogP contribution >= 0.6 is 11.8 Å². The molecule has 2 aliphatic rings. The van der Waals surface area contributed by atoms with E-state index in [1.165, 1.54) is 5.70 Å². The van der Waals surface area contributed by atoms with Crippen LogP contribution in [0.15, 0.2) is 23.3 Å². The summed E-state index contributed by atoms with van der Waals surface area (Å²) in [6.07, 6.45) is 4.53. The lowest BCUT2D eigenvalue weighted by atomic mass is 10.2. The number of hydrogen-bond donors (Lipinski definition) is 1. The molecule has 0 amide bonds. The first-order valence-corrected chi connectivity index (χ1v) is 4.07. The Morgan fingerprint density at radius 1 is 1.67 bits per heavy atom. The second kappa shape index (κ2) is 1.81. The molecule has 2 atom stereocenters. The second-order valence-electron chi connectivity index (χ2n) is 2.46. The van der Waals surface area contributed by atoms with Gasteiger partial charge in [-0.05, 0) is 12.3 Å². The summed E-state index contributed by atoms with van der Waals surface area (Å²) >= 11 is 1.87. The van der Waals surface area contributed by atoms with Crippen molar-refractivity contribution < 1.29 is 0 Å². The van der Waals surface area contributed by atoms with E-state index in [-0.39, 0.29) is 0 Å². The highest BCUT2D eigenvalue weighted by Crippen LogP contribution is 2.33. The monoisotopic (exact) mass is 139 g/mol. The third-order valence-electron chi connectivity index (χ3n) is 1.69. The molecule has 0 bridgehead atoms. The first kappa shape index (κ1) is 5.42. The Morgan fingerprint density at radius 3 is 3.33 bits per heavy atom.